The number of benzene rings is 1. The zero-order valence-electron chi connectivity index (χ0n) is 12.1. The lowest BCUT2D eigenvalue weighted by molar-refractivity contribution is 0.155. The molecule has 106 valence electrons. The number of nitrogens with zero attached hydrogens (tertiary/aromatic N) is 1. The molecule has 3 heteroatoms. The predicted molar refractivity (Wildman–Crippen MR) is 77.6 cm³/mol. The number of aryl methyl sites for hydroxylation is 1. The van der Waals surface area contributed by atoms with Crippen LogP contribution in [-0.2, 0) is 6.42 Å². The van der Waals surface area contributed by atoms with Crippen LogP contribution in [0.3, 0.4) is 0 Å². The largest absolute Gasteiger partial charge is 0.492 e. The van der Waals surface area contributed by atoms with Gasteiger partial charge in [-0.15, -0.1) is 0 Å². The van der Waals surface area contributed by atoms with E-state index in [-0.39, 0.29) is 6.10 Å². The van der Waals surface area contributed by atoms with E-state index in [4.69, 9.17) is 4.74 Å². The van der Waals surface area contributed by atoms with E-state index in [1.807, 2.05) is 12.1 Å². The fourth-order valence-corrected chi connectivity index (χ4v) is 2.67. The SMILES string of the molecule is CCN(CC)CCOc1ccc2c(c1)[C@@H](O)CCC2. The van der Waals surface area contributed by atoms with Crippen molar-refractivity contribution in [1.82, 2.24) is 4.90 Å². The Labute approximate surface area is 116 Å². The highest BCUT2D eigenvalue weighted by Gasteiger charge is 2.18. The molecular formula is C16H25NO2. The molecular weight excluding hydrogens is 238 g/mol. The second-order valence-corrected chi connectivity index (χ2v) is 5.14. The van der Waals surface area contributed by atoms with Crippen LogP contribution < -0.4 is 4.74 Å². The monoisotopic (exact) mass is 263 g/mol. The van der Waals surface area contributed by atoms with Crippen molar-refractivity contribution in [2.75, 3.05) is 26.2 Å². The number of ether oxygens (including phenoxy) is 1. The van der Waals surface area contributed by atoms with Gasteiger partial charge in [0.05, 0.1) is 6.10 Å². The minimum atomic E-state index is -0.310. The Bertz CT molecular complexity index is 402. The van der Waals surface area contributed by atoms with E-state index in [1.54, 1.807) is 0 Å². The van der Waals surface area contributed by atoms with Gasteiger partial charge in [0.2, 0.25) is 0 Å². The number of hydrogen-bond donors (Lipinski definition) is 1. The Balaban J connectivity index is 1.93. The summed E-state index contributed by atoms with van der Waals surface area (Å²) < 4.78 is 5.80. The molecule has 1 aromatic rings. The number of likely N-dealkylation sites (N-methyl/N-ethyl adjacent to an activating group) is 1. The topological polar surface area (TPSA) is 32.7 Å². The van der Waals surface area contributed by atoms with Crippen molar-refractivity contribution in [1.29, 1.82) is 0 Å². The van der Waals surface area contributed by atoms with E-state index in [1.165, 1.54) is 5.56 Å². The third-order valence-electron chi connectivity index (χ3n) is 3.97. The van der Waals surface area contributed by atoms with Crippen LogP contribution in [0.25, 0.3) is 0 Å². The first-order chi connectivity index (χ1) is 9.24. The molecule has 1 aromatic carbocycles. The zero-order valence-corrected chi connectivity index (χ0v) is 12.1. The maximum Gasteiger partial charge on any atom is 0.119 e. The molecule has 3 nitrogen and oxygen atoms in total. The average molecular weight is 263 g/mol. The summed E-state index contributed by atoms with van der Waals surface area (Å²) in [5, 5.41) is 10.0. The normalized spacial score (nSPS) is 18.4. The molecule has 19 heavy (non-hydrogen) atoms. The maximum atomic E-state index is 10.0. The van der Waals surface area contributed by atoms with E-state index in [2.05, 4.69) is 24.8 Å². The van der Waals surface area contributed by atoms with Gasteiger partial charge < -0.3 is 14.7 Å². The fourth-order valence-electron chi connectivity index (χ4n) is 2.67. The second-order valence-electron chi connectivity index (χ2n) is 5.14. The van der Waals surface area contributed by atoms with E-state index < -0.39 is 0 Å². The molecule has 1 N–H and O–H groups in total. The minimum Gasteiger partial charge on any atom is -0.492 e. The zero-order chi connectivity index (χ0) is 13.7. The molecule has 0 radical (unpaired) electrons. The maximum absolute atomic E-state index is 10.0. The summed E-state index contributed by atoms with van der Waals surface area (Å²) in [6.07, 6.45) is 2.72. The van der Waals surface area contributed by atoms with E-state index in [0.29, 0.717) is 6.61 Å². The molecule has 0 fully saturated rings. The molecule has 0 aliphatic heterocycles. The van der Waals surface area contributed by atoms with Gasteiger partial charge in [0.1, 0.15) is 12.4 Å². The number of aliphatic hydroxyl groups excluding tert-OH is 1. The Kier molecular flexibility index (Phi) is 5.23. The molecule has 0 heterocycles. The lowest BCUT2D eigenvalue weighted by Gasteiger charge is -2.22. The first kappa shape index (κ1) is 14.4. The molecule has 0 aromatic heterocycles. The standard InChI is InChI=1S/C16H25NO2/c1-3-17(4-2)10-11-19-14-9-8-13-6-5-7-16(18)15(13)12-14/h8-9,12,16,18H,3-7,10-11H2,1-2H3/t16-/m0/s1. The van der Waals surface area contributed by atoms with Crippen LogP contribution in [0.15, 0.2) is 18.2 Å². The van der Waals surface area contributed by atoms with E-state index in [9.17, 15) is 5.11 Å². The molecule has 0 amide bonds. The van der Waals surface area contributed by atoms with Crippen LogP contribution in [0, 0.1) is 0 Å². The summed E-state index contributed by atoms with van der Waals surface area (Å²) in [6, 6.07) is 6.14. The molecule has 0 unspecified atom stereocenters. The quantitative estimate of drug-likeness (QED) is 0.856. The molecule has 0 bridgehead atoms. The van der Waals surface area contributed by atoms with Crippen molar-refractivity contribution >= 4 is 0 Å². The highest BCUT2D eigenvalue weighted by molar-refractivity contribution is 5.38. The molecule has 0 saturated carbocycles. The van der Waals surface area contributed by atoms with Gasteiger partial charge in [0.25, 0.3) is 0 Å². The Morgan fingerprint density at radius 1 is 1.32 bits per heavy atom. The van der Waals surface area contributed by atoms with Gasteiger partial charge >= 0.3 is 0 Å². The highest BCUT2D eigenvalue weighted by atomic mass is 16.5. The van der Waals surface area contributed by atoms with Gasteiger partial charge in [-0.3, -0.25) is 0 Å². The van der Waals surface area contributed by atoms with E-state index >= 15 is 0 Å². The van der Waals surface area contributed by atoms with Gasteiger partial charge in [0.15, 0.2) is 0 Å². The summed E-state index contributed by atoms with van der Waals surface area (Å²) in [4.78, 5) is 2.34. The number of hydrogen-bond acceptors (Lipinski definition) is 3. The van der Waals surface area contributed by atoms with Crippen molar-refractivity contribution in [3.05, 3.63) is 29.3 Å². The lowest BCUT2D eigenvalue weighted by Crippen LogP contribution is -2.27. The van der Waals surface area contributed by atoms with Crippen LogP contribution in [0.4, 0.5) is 0 Å². The predicted octanol–water partition coefficient (Wildman–Crippen LogP) is 2.78. The molecule has 1 aliphatic carbocycles. The summed E-state index contributed by atoms with van der Waals surface area (Å²) in [7, 11) is 0. The molecule has 0 spiro atoms. The van der Waals surface area contributed by atoms with Crippen LogP contribution in [-0.4, -0.2) is 36.2 Å². The highest BCUT2D eigenvalue weighted by Crippen LogP contribution is 2.32. The smallest absolute Gasteiger partial charge is 0.119 e. The lowest BCUT2D eigenvalue weighted by atomic mass is 9.89. The van der Waals surface area contributed by atoms with Gasteiger partial charge in [-0.05, 0) is 55.6 Å². The number of rotatable bonds is 6. The summed E-state index contributed by atoms with van der Waals surface area (Å²) in [6.45, 7) is 8.10. The Morgan fingerprint density at radius 3 is 2.84 bits per heavy atom. The number of aliphatic hydroxyl groups is 1. The summed E-state index contributed by atoms with van der Waals surface area (Å²) in [5.41, 5.74) is 2.33. The first-order valence-corrected chi connectivity index (χ1v) is 7.40. The van der Waals surface area contributed by atoms with Gasteiger partial charge in [0, 0.05) is 6.54 Å². The third kappa shape index (κ3) is 3.71. The van der Waals surface area contributed by atoms with Crippen LogP contribution in [0.5, 0.6) is 5.75 Å². The van der Waals surface area contributed by atoms with Crippen molar-refractivity contribution in [2.24, 2.45) is 0 Å². The Hall–Kier alpha value is -1.06. The minimum absolute atomic E-state index is 0.310. The molecule has 2 rings (SSSR count). The van der Waals surface area contributed by atoms with Crippen LogP contribution in [0.1, 0.15) is 43.9 Å². The Morgan fingerprint density at radius 2 is 2.11 bits per heavy atom. The van der Waals surface area contributed by atoms with Crippen LogP contribution >= 0.6 is 0 Å². The summed E-state index contributed by atoms with van der Waals surface area (Å²) in [5.74, 6) is 0.881. The van der Waals surface area contributed by atoms with Gasteiger partial charge in [-0.25, -0.2) is 0 Å². The first-order valence-electron chi connectivity index (χ1n) is 7.40. The second kappa shape index (κ2) is 6.92. The third-order valence-corrected chi connectivity index (χ3v) is 3.97. The fraction of sp³-hybridized carbons (Fsp3) is 0.625. The molecule has 0 saturated heterocycles. The van der Waals surface area contributed by atoms with Crippen molar-refractivity contribution in [2.45, 2.75) is 39.2 Å². The van der Waals surface area contributed by atoms with Crippen molar-refractivity contribution in [3.8, 4) is 5.75 Å². The van der Waals surface area contributed by atoms with E-state index in [0.717, 1.165) is 50.2 Å². The van der Waals surface area contributed by atoms with Gasteiger partial charge in [-0.2, -0.15) is 0 Å². The van der Waals surface area contributed by atoms with Crippen LogP contribution in [0.2, 0.25) is 0 Å². The van der Waals surface area contributed by atoms with Crippen molar-refractivity contribution < 1.29 is 9.84 Å². The summed E-state index contributed by atoms with van der Waals surface area (Å²) >= 11 is 0. The number of fused-ring (bicyclic) bond motifs is 1. The molecule has 1 aliphatic rings. The average Bonchev–Trinajstić information content (AvgIpc) is 2.44. The van der Waals surface area contributed by atoms with Crippen molar-refractivity contribution in [3.63, 3.8) is 0 Å². The molecule has 1 atom stereocenters. The van der Waals surface area contributed by atoms with Gasteiger partial charge in [-0.1, -0.05) is 19.9 Å².